The van der Waals surface area contributed by atoms with Gasteiger partial charge in [-0.05, 0) is 30.9 Å². The summed E-state index contributed by atoms with van der Waals surface area (Å²) in [5.74, 6) is 0.946. The van der Waals surface area contributed by atoms with E-state index in [-0.39, 0.29) is 6.10 Å². The van der Waals surface area contributed by atoms with Gasteiger partial charge >= 0.3 is 0 Å². The molecule has 0 atom stereocenters. The molecule has 3 aromatic rings. The van der Waals surface area contributed by atoms with Crippen LogP contribution < -0.4 is 9.64 Å². The minimum absolute atomic E-state index is 0.130. The number of hydrogen-bond acceptors (Lipinski definition) is 8. The number of methoxy groups -OCH3 is 1. The van der Waals surface area contributed by atoms with Crippen LogP contribution >= 0.6 is 11.3 Å². The fourth-order valence-corrected chi connectivity index (χ4v) is 5.26. The van der Waals surface area contributed by atoms with Crippen LogP contribution in [0.15, 0.2) is 18.3 Å². The second kappa shape index (κ2) is 7.79. The highest BCUT2D eigenvalue weighted by molar-refractivity contribution is 7.20. The fraction of sp³-hybridized carbons (Fsp3) is 0.571. The minimum Gasteiger partial charge on any atom is -0.480 e. The minimum atomic E-state index is -0.130. The molecule has 5 heterocycles. The average molecular weight is 429 g/mol. The molecule has 160 valence electrons. The van der Waals surface area contributed by atoms with E-state index in [1.807, 2.05) is 16.8 Å². The second-order valence-corrected chi connectivity index (χ2v) is 9.43. The molecule has 2 fully saturated rings. The Morgan fingerprint density at radius 3 is 2.63 bits per heavy atom. The van der Waals surface area contributed by atoms with E-state index in [9.17, 15) is 5.11 Å². The zero-order chi connectivity index (χ0) is 20.8. The standard InChI is InChI=1S/C21H28N6O2S/c1-13(2)17-5-4-16(19(23-17)29-3)18-10-22-20-27(18)24-21(30-20)25-8-6-14(7-9-25)26-11-15(28)12-26/h4-5,10,13-15,28H,6-9,11-12H2,1-3H3. The molecule has 2 aliphatic heterocycles. The zero-order valence-electron chi connectivity index (χ0n) is 17.7. The number of aromatic nitrogens is 4. The Labute approximate surface area is 180 Å². The van der Waals surface area contributed by atoms with Crippen LogP contribution in [0.3, 0.4) is 0 Å². The van der Waals surface area contributed by atoms with Gasteiger partial charge in [0.1, 0.15) is 0 Å². The first-order chi connectivity index (χ1) is 14.5. The lowest BCUT2D eigenvalue weighted by atomic mass is 9.99. The van der Waals surface area contributed by atoms with Crippen molar-refractivity contribution < 1.29 is 9.84 Å². The van der Waals surface area contributed by atoms with Crippen LogP contribution in [0.1, 0.15) is 38.3 Å². The number of fused-ring (bicyclic) bond motifs is 1. The van der Waals surface area contributed by atoms with Crippen molar-refractivity contribution in [3.63, 3.8) is 0 Å². The van der Waals surface area contributed by atoms with E-state index in [0.29, 0.717) is 17.8 Å². The van der Waals surface area contributed by atoms with Gasteiger partial charge < -0.3 is 14.7 Å². The van der Waals surface area contributed by atoms with Gasteiger partial charge in [-0.15, -0.1) is 5.10 Å². The van der Waals surface area contributed by atoms with Crippen molar-refractivity contribution >= 4 is 21.4 Å². The number of nitrogens with zero attached hydrogens (tertiary/aromatic N) is 6. The van der Waals surface area contributed by atoms with E-state index >= 15 is 0 Å². The summed E-state index contributed by atoms with van der Waals surface area (Å²) in [6, 6.07) is 4.68. The van der Waals surface area contributed by atoms with Gasteiger partial charge in [-0.3, -0.25) is 4.90 Å². The molecular weight excluding hydrogens is 400 g/mol. The van der Waals surface area contributed by atoms with Crippen LogP contribution in [0, 0.1) is 0 Å². The number of likely N-dealkylation sites (tertiary alicyclic amines) is 1. The molecule has 8 nitrogen and oxygen atoms in total. The van der Waals surface area contributed by atoms with Crippen molar-refractivity contribution in [1.29, 1.82) is 0 Å². The number of aliphatic hydroxyl groups is 1. The van der Waals surface area contributed by atoms with Crippen LogP contribution in [0.5, 0.6) is 5.88 Å². The maximum Gasteiger partial charge on any atom is 0.222 e. The van der Waals surface area contributed by atoms with Crippen LogP contribution in [0.4, 0.5) is 5.13 Å². The van der Waals surface area contributed by atoms with Gasteiger partial charge in [0.15, 0.2) is 0 Å². The van der Waals surface area contributed by atoms with Crippen LogP contribution in [-0.2, 0) is 0 Å². The molecule has 0 saturated carbocycles. The van der Waals surface area contributed by atoms with Gasteiger partial charge in [-0.2, -0.15) is 0 Å². The van der Waals surface area contributed by atoms with E-state index in [4.69, 9.17) is 9.84 Å². The number of imidazole rings is 1. The summed E-state index contributed by atoms with van der Waals surface area (Å²) in [7, 11) is 1.65. The fourth-order valence-electron chi connectivity index (χ4n) is 4.33. The monoisotopic (exact) mass is 428 g/mol. The third-order valence-electron chi connectivity index (χ3n) is 6.16. The number of rotatable bonds is 5. The number of hydrogen-bond donors (Lipinski definition) is 1. The van der Waals surface area contributed by atoms with Gasteiger partial charge in [-0.1, -0.05) is 25.2 Å². The van der Waals surface area contributed by atoms with E-state index in [1.54, 1.807) is 18.4 Å². The summed E-state index contributed by atoms with van der Waals surface area (Å²) in [6.07, 6.45) is 3.93. The Morgan fingerprint density at radius 1 is 1.20 bits per heavy atom. The summed E-state index contributed by atoms with van der Waals surface area (Å²) in [6.45, 7) is 7.86. The Hall–Kier alpha value is -2.23. The molecule has 1 N–H and O–H groups in total. The Balaban J connectivity index is 1.37. The van der Waals surface area contributed by atoms with E-state index in [1.165, 1.54) is 0 Å². The van der Waals surface area contributed by atoms with E-state index in [0.717, 1.165) is 66.1 Å². The number of piperidine rings is 1. The molecule has 2 aliphatic rings. The third kappa shape index (κ3) is 3.44. The molecule has 0 amide bonds. The van der Waals surface area contributed by atoms with Crippen molar-refractivity contribution in [3.05, 3.63) is 24.0 Å². The first-order valence-corrected chi connectivity index (χ1v) is 11.4. The molecule has 0 unspecified atom stereocenters. The van der Waals surface area contributed by atoms with Crippen molar-refractivity contribution in [1.82, 2.24) is 24.5 Å². The molecule has 0 radical (unpaired) electrons. The molecule has 5 rings (SSSR count). The zero-order valence-corrected chi connectivity index (χ0v) is 18.5. The van der Waals surface area contributed by atoms with Crippen molar-refractivity contribution in [3.8, 4) is 17.1 Å². The summed E-state index contributed by atoms with van der Waals surface area (Å²) in [5, 5.41) is 15.4. The smallest absolute Gasteiger partial charge is 0.222 e. The van der Waals surface area contributed by atoms with Crippen molar-refractivity contribution in [2.45, 2.75) is 44.8 Å². The summed E-state index contributed by atoms with van der Waals surface area (Å²) < 4.78 is 7.49. The van der Waals surface area contributed by atoms with E-state index < -0.39 is 0 Å². The molecule has 9 heteroatoms. The lowest BCUT2D eigenvalue weighted by molar-refractivity contribution is -0.0300. The summed E-state index contributed by atoms with van der Waals surface area (Å²) in [5.41, 5.74) is 2.81. The SMILES string of the molecule is COc1nc(C(C)C)ccc1-c1cnc2sc(N3CCC(N4CC(O)C4)CC3)nn12. The maximum absolute atomic E-state index is 9.55. The van der Waals surface area contributed by atoms with Crippen LogP contribution in [0.2, 0.25) is 0 Å². The van der Waals surface area contributed by atoms with Crippen molar-refractivity contribution in [2.24, 2.45) is 0 Å². The molecule has 2 saturated heterocycles. The van der Waals surface area contributed by atoms with Crippen LogP contribution in [-0.4, -0.2) is 75.0 Å². The van der Waals surface area contributed by atoms with Crippen molar-refractivity contribution in [2.75, 3.05) is 38.2 Å². The molecule has 3 aromatic heterocycles. The molecular formula is C21H28N6O2S. The van der Waals surface area contributed by atoms with Gasteiger partial charge in [0.05, 0.1) is 30.7 Å². The van der Waals surface area contributed by atoms with Crippen LogP contribution in [0.25, 0.3) is 16.2 Å². The maximum atomic E-state index is 9.55. The summed E-state index contributed by atoms with van der Waals surface area (Å²) in [4.78, 5) is 14.9. The molecule has 30 heavy (non-hydrogen) atoms. The highest BCUT2D eigenvalue weighted by Crippen LogP contribution is 2.34. The van der Waals surface area contributed by atoms with Gasteiger partial charge in [0.25, 0.3) is 0 Å². The first kappa shape index (κ1) is 19.7. The third-order valence-corrected chi connectivity index (χ3v) is 7.14. The Kier molecular flexibility index (Phi) is 5.12. The Bertz CT molecular complexity index is 1030. The lowest BCUT2D eigenvalue weighted by Crippen LogP contribution is -2.57. The normalized spacial score (nSPS) is 19.0. The number of ether oxygens (including phenoxy) is 1. The topological polar surface area (TPSA) is 79.0 Å². The summed E-state index contributed by atoms with van der Waals surface area (Å²) >= 11 is 1.62. The second-order valence-electron chi connectivity index (χ2n) is 8.50. The molecule has 0 bridgehead atoms. The molecule has 0 aromatic carbocycles. The highest BCUT2D eigenvalue weighted by atomic mass is 32.1. The quantitative estimate of drug-likeness (QED) is 0.669. The molecule has 0 aliphatic carbocycles. The van der Waals surface area contributed by atoms with E-state index in [2.05, 4.69) is 39.7 Å². The average Bonchev–Trinajstić information content (AvgIpc) is 3.32. The number of anilines is 1. The van der Waals surface area contributed by atoms with Gasteiger partial charge in [-0.25, -0.2) is 14.5 Å². The highest BCUT2D eigenvalue weighted by Gasteiger charge is 2.33. The Morgan fingerprint density at radius 2 is 1.97 bits per heavy atom. The van der Waals surface area contributed by atoms with Gasteiger partial charge in [0, 0.05) is 37.9 Å². The van der Waals surface area contributed by atoms with Gasteiger partial charge in [0.2, 0.25) is 16.0 Å². The first-order valence-electron chi connectivity index (χ1n) is 10.6. The molecule has 0 spiro atoms. The lowest BCUT2D eigenvalue weighted by Gasteiger charge is -2.45. The predicted octanol–water partition coefficient (Wildman–Crippen LogP) is 2.63. The number of β-amino-alcohol motifs (C(OH)–C–C–N with tert-alkyl or cyclic N) is 1. The largest absolute Gasteiger partial charge is 0.480 e. The number of aliphatic hydroxyl groups excluding tert-OH is 1. The number of pyridine rings is 1. The predicted molar refractivity (Wildman–Crippen MR) is 118 cm³/mol.